The first-order valence-corrected chi connectivity index (χ1v) is 7.80. The molecule has 0 aliphatic heterocycles. The number of hydrogen-bond donors (Lipinski definition) is 1. The summed E-state index contributed by atoms with van der Waals surface area (Å²) in [6.07, 6.45) is 1.50. The number of nitrogens with two attached hydrogens (primary N) is 1. The van der Waals surface area contributed by atoms with Crippen LogP contribution in [0.25, 0.3) is 0 Å². The fraction of sp³-hybridized carbons (Fsp3) is 0.333. The SMILES string of the molecule is CS(=O)(=O)Cc1noc(C[C@H](N)c2ccccc2)n1. The Hall–Kier alpha value is -1.73. The predicted molar refractivity (Wildman–Crippen MR) is 69.9 cm³/mol. The van der Waals surface area contributed by atoms with Crippen LogP contribution in [0, 0.1) is 0 Å². The molecule has 0 aliphatic carbocycles. The van der Waals surface area contributed by atoms with Crippen LogP contribution in [0.3, 0.4) is 0 Å². The van der Waals surface area contributed by atoms with E-state index in [0.29, 0.717) is 12.3 Å². The van der Waals surface area contributed by atoms with Crippen molar-refractivity contribution in [2.75, 3.05) is 6.26 Å². The monoisotopic (exact) mass is 281 g/mol. The molecule has 0 saturated carbocycles. The first kappa shape index (κ1) is 13.7. The molecule has 1 aromatic carbocycles. The van der Waals surface area contributed by atoms with Gasteiger partial charge in [-0.25, -0.2) is 8.42 Å². The second-order valence-electron chi connectivity index (χ2n) is 4.40. The number of benzene rings is 1. The van der Waals surface area contributed by atoms with E-state index >= 15 is 0 Å². The van der Waals surface area contributed by atoms with Gasteiger partial charge >= 0.3 is 0 Å². The van der Waals surface area contributed by atoms with E-state index in [1.807, 2.05) is 30.3 Å². The van der Waals surface area contributed by atoms with Gasteiger partial charge in [-0.3, -0.25) is 0 Å². The average molecular weight is 281 g/mol. The molecule has 7 heteroatoms. The van der Waals surface area contributed by atoms with Crippen LogP contribution < -0.4 is 5.73 Å². The van der Waals surface area contributed by atoms with Gasteiger partial charge in [-0.1, -0.05) is 35.5 Å². The molecule has 0 radical (unpaired) electrons. The summed E-state index contributed by atoms with van der Waals surface area (Å²) >= 11 is 0. The molecule has 19 heavy (non-hydrogen) atoms. The largest absolute Gasteiger partial charge is 0.339 e. The second kappa shape index (κ2) is 5.50. The molecule has 1 heterocycles. The standard InChI is InChI=1S/C12H15N3O3S/c1-19(16,17)8-11-14-12(18-15-11)7-10(13)9-5-3-2-4-6-9/h2-6,10H,7-8,13H2,1H3/t10-/m0/s1. The summed E-state index contributed by atoms with van der Waals surface area (Å²) in [7, 11) is -3.16. The zero-order valence-corrected chi connectivity index (χ0v) is 11.3. The highest BCUT2D eigenvalue weighted by molar-refractivity contribution is 7.89. The molecular weight excluding hydrogens is 266 g/mol. The van der Waals surface area contributed by atoms with Gasteiger partial charge in [0, 0.05) is 18.7 Å². The van der Waals surface area contributed by atoms with E-state index in [1.54, 1.807) is 0 Å². The topological polar surface area (TPSA) is 99.1 Å². The van der Waals surface area contributed by atoms with E-state index in [9.17, 15) is 8.42 Å². The minimum Gasteiger partial charge on any atom is -0.339 e. The lowest BCUT2D eigenvalue weighted by Crippen LogP contribution is -2.13. The number of hydrogen-bond acceptors (Lipinski definition) is 6. The molecule has 1 aromatic heterocycles. The molecule has 6 nitrogen and oxygen atoms in total. The van der Waals surface area contributed by atoms with Gasteiger partial charge in [-0.15, -0.1) is 0 Å². The molecule has 0 unspecified atom stereocenters. The Morgan fingerprint density at radius 2 is 2.00 bits per heavy atom. The van der Waals surface area contributed by atoms with Crippen molar-refractivity contribution in [1.82, 2.24) is 10.1 Å². The molecule has 1 atom stereocenters. The van der Waals surface area contributed by atoms with Gasteiger partial charge in [0.2, 0.25) is 5.89 Å². The van der Waals surface area contributed by atoms with Crippen molar-refractivity contribution in [3.8, 4) is 0 Å². The molecular formula is C12H15N3O3S. The van der Waals surface area contributed by atoms with Crippen molar-refractivity contribution >= 4 is 9.84 Å². The fourth-order valence-corrected chi connectivity index (χ4v) is 2.26. The highest BCUT2D eigenvalue weighted by atomic mass is 32.2. The maximum absolute atomic E-state index is 11.1. The van der Waals surface area contributed by atoms with Crippen molar-refractivity contribution in [2.45, 2.75) is 18.2 Å². The van der Waals surface area contributed by atoms with Gasteiger partial charge in [-0.05, 0) is 5.56 Å². The second-order valence-corrected chi connectivity index (χ2v) is 6.54. The summed E-state index contributed by atoms with van der Waals surface area (Å²) in [6, 6.07) is 9.29. The minimum absolute atomic E-state index is 0.165. The third-order valence-corrected chi connectivity index (χ3v) is 3.31. The maximum atomic E-state index is 11.1. The zero-order valence-electron chi connectivity index (χ0n) is 10.5. The molecule has 0 amide bonds. The van der Waals surface area contributed by atoms with Crippen LogP contribution in [-0.2, 0) is 22.0 Å². The summed E-state index contributed by atoms with van der Waals surface area (Å²) < 4.78 is 27.2. The predicted octanol–water partition coefficient (Wildman–Crippen LogP) is 0.857. The van der Waals surface area contributed by atoms with Crippen LogP contribution >= 0.6 is 0 Å². The highest BCUT2D eigenvalue weighted by Crippen LogP contribution is 2.14. The summed E-state index contributed by atoms with van der Waals surface area (Å²) in [5.74, 6) is 0.282. The third kappa shape index (κ3) is 4.15. The van der Waals surface area contributed by atoms with E-state index in [1.165, 1.54) is 0 Å². The molecule has 0 bridgehead atoms. The van der Waals surface area contributed by atoms with Crippen LogP contribution in [0.15, 0.2) is 34.9 Å². The highest BCUT2D eigenvalue weighted by Gasteiger charge is 2.15. The summed E-state index contributed by atoms with van der Waals surface area (Å²) in [6.45, 7) is 0. The Labute approximate surface area is 111 Å². The van der Waals surface area contributed by atoms with Gasteiger partial charge in [0.25, 0.3) is 0 Å². The molecule has 0 aliphatic rings. The Bertz CT molecular complexity index is 637. The fourth-order valence-electron chi connectivity index (χ4n) is 1.67. The number of aromatic nitrogens is 2. The quantitative estimate of drug-likeness (QED) is 0.872. The van der Waals surface area contributed by atoms with Crippen LogP contribution in [-0.4, -0.2) is 24.8 Å². The Kier molecular flexibility index (Phi) is 3.96. The first-order valence-electron chi connectivity index (χ1n) is 5.74. The number of rotatable bonds is 5. The van der Waals surface area contributed by atoms with E-state index < -0.39 is 9.84 Å². The van der Waals surface area contributed by atoms with E-state index in [2.05, 4.69) is 10.1 Å². The van der Waals surface area contributed by atoms with Crippen molar-refractivity contribution in [3.63, 3.8) is 0 Å². The first-order chi connectivity index (χ1) is 8.94. The number of sulfone groups is 1. The average Bonchev–Trinajstić information content (AvgIpc) is 2.75. The van der Waals surface area contributed by atoms with Crippen LogP contribution in [0.4, 0.5) is 0 Å². The molecule has 0 fully saturated rings. The van der Waals surface area contributed by atoms with E-state index in [4.69, 9.17) is 10.3 Å². The van der Waals surface area contributed by atoms with Crippen LogP contribution in [0.1, 0.15) is 23.3 Å². The molecule has 0 spiro atoms. The lowest BCUT2D eigenvalue weighted by Gasteiger charge is -2.08. The Morgan fingerprint density at radius 1 is 1.32 bits per heavy atom. The van der Waals surface area contributed by atoms with Crippen molar-refractivity contribution in [1.29, 1.82) is 0 Å². The molecule has 102 valence electrons. The van der Waals surface area contributed by atoms with Crippen molar-refractivity contribution in [2.24, 2.45) is 5.73 Å². The third-order valence-electron chi connectivity index (χ3n) is 2.52. The van der Waals surface area contributed by atoms with E-state index in [-0.39, 0.29) is 17.6 Å². The van der Waals surface area contributed by atoms with Crippen LogP contribution in [0.5, 0.6) is 0 Å². The number of nitrogens with zero attached hydrogens (tertiary/aromatic N) is 2. The normalized spacial score (nSPS) is 13.4. The molecule has 0 saturated heterocycles. The van der Waals surface area contributed by atoms with Gasteiger partial charge in [-0.2, -0.15) is 4.98 Å². The molecule has 2 rings (SSSR count). The Balaban J connectivity index is 2.04. The summed E-state index contributed by atoms with van der Waals surface area (Å²) in [4.78, 5) is 4.02. The van der Waals surface area contributed by atoms with Gasteiger partial charge in [0.1, 0.15) is 5.75 Å². The summed E-state index contributed by atoms with van der Waals surface area (Å²) in [5.41, 5.74) is 6.98. The maximum Gasteiger partial charge on any atom is 0.228 e. The van der Waals surface area contributed by atoms with E-state index in [0.717, 1.165) is 11.8 Å². The lowest BCUT2D eigenvalue weighted by atomic mass is 10.1. The smallest absolute Gasteiger partial charge is 0.228 e. The zero-order chi connectivity index (χ0) is 13.9. The molecule has 2 aromatic rings. The van der Waals surface area contributed by atoms with Crippen LogP contribution in [0.2, 0.25) is 0 Å². The summed E-state index contributed by atoms with van der Waals surface area (Å²) in [5, 5.41) is 3.63. The van der Waals surface area contributed by atoms with Gasteiger partial charge in [0.15, 0.2) is 15.7 Å². The Morgan fingerprint density at radius 3 is 2.63 bits per heavy atom. The lowest BCUT2D eigenvalue weighted by molar-refractivity contribution is 0.366. The van der Waals surface area contributed by atoms with Crippen molar-refractivity contribution in [3.05, 3.63) is 47.6 Å². The van der Waals surface area contributed by atoms with Gasteiger partial charge in [0.05, 0.1) is 0 Å². The van der Waals surface area contributed by atoms with Crippen molar-refractivity contribution < 1.29 is 12.9 Å². The van der Waals surface area contributed by atoms with Gasteiger partial charge < -0.3 is 10.3 Å². The molecule has 2 N–H and O–H groups in total. The minimum atomic E-state index is -3.16.